The second-order valence-electron chi connectivity index (χ2n) is 5.79. The Kier molecular flexibility index (Phi) is 5.34. The van der Waals surface area contributed by atoms with Crippen LogP contribution in [0.2, 0.25) is 0 Å². The van der Waals surface area contributed by atoms with Crippen LogP contribution in [0.4, 0.5) is 26.3 Å². The fraction of sp³-hybridized carbons (Fsp3) is 0.917. The average molecular weight is 355 g/mol. The first-order valence-electron chi connectivity index (χ1n) is 6.62. The van der Waals surface area contributed by atoms with E-state index in [1.54, 1.807) is 6.92 Å². The molecule has 1 atom stereocenters. The molecule has 1 amide bonds. The lowest BCUT2D eigenvalue weighted by Gasteiger charge is -2.36. The number of rotatable bonds is 2. The number of nitrogens with one attached hydrogen (secondary N) is 1. The van der Waals surface area contributed by atoms with Crippen molar-refractivity contribution >= 4 is 18.3 Å². The van der Waals surface area contributed by atoms with E-state index >= 15 is 0 Å². The number of nitrogens with zero attached hydrogens (tertiary/aromatic N) is 1. The second kappa shape index (κ2) is 6.07. The van der Waals surface area contributed by atoms with Gasteiger partial charge in [0.25, 0.3) is 0 Å². The Labute approximate surface area is 129 Å². The summed E-state index contributed by atoms with van der Waals surface area (Å²) in [6.07, 6.45) is -12.0. The molecule has 2 aliphatic rings. The van der Waals surface area contributed by atoms with Crippen LogP contribution in [0, 0.1) is 17.3 Å². The minimum atomic E-state index is -5.42. The van der Waals surface area contributed by atoms with Crippen LogP contribution in [-0.4, -0.2) is 49.3 Å². The number of likely N-dealkylation sites (tertiary alicyclic amines) is 1. The van der Waals surface area contributed by atoms with Crippen LogP contribution in [-0.2, 0) is 4.79 Å². The number of carbonyl (C=O) groups excluding carboxylic acids is 1. The predicted octanol–water partition coefficient (Wildman–Crippen LogP) is 2.61. The minimum Gasteiger partial charge on any atom is -0.341 e. The lowest BCUT2D eigenvalue weighted by atomic mass is 9.85. The molecule has 0 aromatic rings. The van der Waals surface area contributed by atoms with Gasteiger partial charge in [0.1, 0.15) is 0 Å². The number of carbonyl (C=O) groups is 1. The Balaban J connectivity index is 0.00000242. The summed E-state index contributed by atoms with van der Waals surface area (Å²) < 4.78 is 77.5. The molecule has 0 bridgehead atoms. The second-order valence-corrected chi connectivity index (χ2v) is 5.79. The van der Waals surface area contributed by atoms with Crippen molar-refractivity contribution in [3.8, 4) is 0 Å². The van der Waals surface area contributed by atoms with Crippen molar-refractivity contribution in [3.63, 3.8) is 0 Å². The van der Waals surface area contributed by atoms with Gasteiger partial charge < -0.3 is 10.2 Å². The number of hydrogen-bond donors (Lipinski definition) is 1. The molecule has 2 aliphatic heterocycles. The maximum absolute atomic E-state index is 12.9. The predicted molar refractivity (Wildman–Crippen MR) is 68.5 cm³/mol. The number of hydrogen-bond acceptors (Lipinski definition) is 2. The Morgan fingerprint density at radius 2 is 1.68 bits per heavy atom. The van der Waals surface area contributed by atoms with Crippen LogP contribution in [0.5, 0.6) is 0 Å². The zero-order valence-corrected chi connectivity index (χ0v) is 12.5. The first-order valence-corrected chi connectivity index (χ1v) is 6.62. The lowest BCUT2D eigenvalue weighted by molar-refractivity contribution is -0.334. The molecule has 2 fully saturated rings. The van der Waals surface area contributed by atoms with E-state index in [-0.39, 0.29) is 18.3 Å². The first-order chi connectivity index (χ1) is 9.49. The monoisotopic (exact) mass is 354 g/mol. The molecule has 0 aromatic carbocycles. The highest BCUT2D eigenvalue weighted by molar-refractivity contribution is 5.85. The third-order valence-electron chi connectivity index (χ3n) is 4.58. The summed E-state index contributed by atoms with van der Waals surface area (Å²) in [6.45, 7) is 0.829. The Hall–Kier alpha value is -0.700. The molecular weight excluding hydrogens is 338 g/mol. The van der Waals surface area contributed by atoms with Crippen LogP contribution < -0.4 is 5.32 Å². The molecule has 0 aliphatic carbocycles. The van der Waals surface area contributed by atoms with Gasteiger partial charge in [-0.1, -0.05) is 6.92 Å². The molecule has 0 spiro atoms. The summed E-state index contributed by atoms with van der Waals surface area (Å²) >= 11 is 0. The van der Waals surface area contributed by atoms with Crippen molar-refractivity contribution in [3.05, 3.63) is 0 Å². The summed E-state index contributed by atoms with van der Waals surface area (Å²) in [5, 5.41) is 2.92. The van der Waals surface area contributed by atoms with Gasteiger partial charge in [0.05, 0.1) is 0 Å². The topological polar surface area (TPSA) is 32.3 Å². The smallest absolute Gasteiger partial charge is 0.341 e. The number of halogens is 7. The fourth-order valence-corrected chi connectivity index (χ4v) is 2.78. The van der Waals surface area contributed by atoms with E-state index in [2.05, 4.69) is 5.32 Å². The summed E-state index contributed by atoms with van der Waals surface area (Å²) in [5.74, 6) is -1.22. The van der Waals surface area contributed by atoms with Crippen molar-refractivity contribution in [2.45, 2.75) is 25.7 Å². The van der Waals surface area contributed by atoms with Crippen LogP contribution in [0.1, 0.15) is 13.3 Å². The van der Waals surface area contributed by atoms with Gasteiger partial charge in [0.2, 0.25) is 5.91 Å². The fourth-order valence-electron chi connectivity index (χ4n) is 2.78. The molecule has 0 saturated carbocycles. The van der Waals surface area contributed by atoms with Gasteiger partial charge in [-0.05, 0) is 25.4 Å². The molecular formula is C12H17ClF6N2O. The molecule has 130 valence electrons. The average Bonchev–Trinajstić information content (AvgIpc) is 2.69. The van der Waals surface area contributed by atoms with Gasteiger partial charge >= 0.3 is 12.4 Å². The summed E-state index contributed by atoms with van der Waals surface area (Å²) in [4.78, 5) is 12.8. The van der Waals surface area contributed by atoms with Crippen LogP contribution in [0.25, 0.3) is 0 Å². The molecule has 0 radical (unpaired) electrons. The van der Waals surface area contributed by atoms with Crippen LogP contribution >= 0.6 is 12.4 Å². The van der Waals surface area contributed by atoms with Gasteiger partial charge in [-0.15, -0.1) is 12.4 Å². The van der Waals surface area contributed by atoms with E-state index in [9.17, 15) is 31.1 Å². The van der Waals surface area contributed by atoms with Crippen molar-refractivity contribution in [2.24, 2.45) is 17.3 Å². The minimum absolute atomic E-state index is 0. The Morgan fingerprint density at radius 1 is 1.18 bits per heavy atom. The van der Waals surface area contributed by atoms with Gasteiger partial charge in [0.15, 0.2) is 5.41 Å². The van der Waals surface area contributed by atoms with E-state index in [4.69, 9.17) is 0 Å². The maximum Gasteiger partial charge on any atom is 0.404 e. The van der Waals surface area contributed by atoms with Crippen molar-refractivity contribution < 1.29 is 31.1 Å². The van der Waals surface area contributed by atoms with Crippen LogP contribution in [0.15, 0.2) is 0 Å². The highest BCUT2D eigenvalue weighted by Crippen LogP contribution is 2.55. The zero-order valence-electron chi connectivity index (χ0n) is 11.7. The molecule has 0 aromatic heterocycles. The van der Waals surface area contributed by atoms with E-state index in [1.165, 1.54) is 0 Å². The van der Waals surface area contributed by atoms with Gasteiger partial charge in [-0.3, -0.25) is 4.79 Å². The normalized spacial score (nSPS) is 23.7. The quantitative estimate of drug-likeness (QED) is 0.773. The molecule has 10 heteroatoms. The SMILES string of the molecule is CC(C(=O)N1CCC(C(F)(F)F)(C(F)(F)F)C1)C1CNC1.Cl. The van der Waals surface area contributed by atoms with Crippen molar-refractivity contribution in [1.82, 2.24) is 10.2 Å². The molecule has 3 nitrogen and oxygen atoms in total. The van der Waals surface area contributed by atoms with E-state index in [0.717, 1.165) is 0 Å². The Bertz CT molecular complexity index is 407. The molecule has 1 unspecified atom stereocenters. The van der Waals surface area contributed by atoms with Gasteiger partial charge in [0, 0.05) is 19.0 Å². The summed E-state index contributed by atoms with van der Waals surface area (Å²) in [6, 6.07) is 0. The highest BCUT2D eigenvalue weighted by Gasteiger charge is 2.73. The van der Waals surface area contributed by atoms with E-state index in [1.807, 2.05) is 0 Å². The van der Waals surface area contributed by atoms with E-state index in [0.29, 0.717) is 18.0 Å². The summed E-state index contributed by atoms with van der Waals surface area (Å²) in [5.41, 5.74) is -3.80. The summed E-state index contributed by atoms with van der Waals surface area (Å²) in [7, 11) is 0. The third kappa shape index (κ3) is 3.02. The maximum atomic E-state index is 12.9. The molecule has 2 saturated heterocycles. The molecule has 1 N–H and O–H groups in total. The Morgan fingerprint density at radius 3 is 2.00 bits per heavy atom. The van der Waals surface area contributed by atoms with Gasteiger partial charge in [-0.2, -0.15) is 26.3 Å². The highest BCUT2D eigenvalue weighted by atomic mass is 35.5. The van der Waals surface area contributed by atoms with Crippen LogP contribution in [0.3, 0.4) is 0 Å². The molecule has 2 rings (SSSR count). The zero-order chi connectivity index (χ0) is 16.1. The number of alkyl halides is 6. The molecule has 2 heterocycles. The third-order valence-corrected chi connectivity index (χ3v) is 4.58. The largest absolute Gasteiger partial charge is 0.404 e. The number of amides is 1. The van der Waals surface area contributed by atoms with Crippen molar-refractivity contribution in [2.75, 3.05) is 26.2 Å². The van der Waals surface area contributed by atoms with Gasteiger partial charge in [-0.25, -0.2) is 0 Å². The first kappa shape index (κ1) is 19.3. The van der Waals surface area contributed by atoms with Crippen molar-refractivity contribution in [1.29, 1.82) is 0 Å². The standard InChI is InChI=1S/C12H16F6N2O.ClH/c1-7(8-4-19-5-8)9(21)20-3-2-10(6-20,11(13,14)15)12(16,17)18;/h7-8,19H,2-6H2,1H3;1H. The van der Waals surface area contributed by atoms with E-state index < -0.39 is 49.1 Å². The molecule has 22 heavy (non-hydrogen) atoms. The lowest BCUT2D eigenvalue weighted by Crippen LogP contribution is -2.54.